The number of ether oxygens (including phenoxy) is 3. The highest BCUT2D eigenvalue weighted by atomic mass is 16.6. The van der Waals surface area contributed by atoms with Crippen LogP contribution >= 0.6 is 0 Å². The molecule has 1 atom stereocenters. The summed E-state index contributed by atoms with van der Waals surface area (Å²) in [7, 11) is 0. The van der Waals surface area contributed by atoms with E-state index in [0.29, 0.717) is 19.3 Å². The maximum absolute atomic E-state index is 12.8. The molecular formula is C59H92O6. The zero-order valence-electron chi connectivity index (χ0n) is 41.4. The summed E-state index contributed by atoms with van der Waals surface area (Å²) >= 11 is 0. The third-order valence-corrected chi connectivity index (χ3v) is 10.2. The van der Waals surface area contributed by atoms with E-state index in [1.54, 1.807) is 0 Å². The molecule has 0 aromatic rings. The molecular weight excluding hydrogens is 805 g/mol. The van der Waals surface area contributed by atoms with Gasteiger partial charge in [-0.1, -0.05) is 212 Å². The smallest absolute Gasteiger partial charge is 0.306 e. The quantitative estimate of drug-likeness (QED) is 0.0199. The van der Waals surface area contributed by atoms with Crippen molar-refractivity contribution in [1.82, 2.24) is 0 Å². The Kier molecular flexibility index (Phi) is 48.6. The summed E-state index contributed by atoms with van der Waals surface area (Å²) in [6.07, 6.45) is 73.0. The maximum atomic E-state index is 12.8. The van der Waals surface area contributed by atoms with E-state index >= 15 is 0 Å². The van der Waals surface area contributed by atoms with E-state index in [1.165, 1.54) is 51.4 Å². The summed E-state index contributed by atoms with van der Waals surface area (Å²) in [5.41, 5.74) is 0. The molecule has 0 N–H and O–H groups in total. The first kappa shape index (κ1) is 60.5. The Balaban J connectivity index is 4.58. The van der Waals surface area contributed by atoms with Gasteiger partial charge in [-0.25, -0.2) is 0 Å². The second kappa shape index (κ2) is 52.2. The van der Waals surface area contributed by atoms with Crippen LogP contribution in [0.3, 0.4) is 0 Å². The molecule has 0 heterocycles. The number of carbonyl (C=O) groups is 3. The van der Waals surface area contributed by atoms with Gasteiger partial charge in [0, 0.05) is 19.3 Å². The van der Waals surface area contributed by atoms with Crippen molar-refractivity contribution < 1.29 is 28.6 Å². The summed E-state index contributed by atoms with van der Waals surface area (Å²) in [5.74, 6) is -1.06. The van der Waals surface area contributed by atoms with E-state index in [4.69, 9.17) is 14.2 Å². The Bertz CT molecular complexity index is 1450. The second-order valence-corrected chi connectivity index (χ2v) is 16.5. The lowest BCUT2D eigenvalue weighted by Gasteiger charge is -2.18. The topological polar surface area (TPSA) is 78.9 Å². The molecule has 364 valence electrons. The van der Waals surface area contributed by atoms with Crippen molar-refractivity contribution in [3.63, 3.8) is 0 Å². The van der Waals surface area contributed by atoms with Gasteiger partial charge in [-0.15, -0.1) is 0 Å². The number of allylic oxidation sites excluding steroid dienone is 22. The summed E-state index contributed by atoms with van der Waals surface area (Å²) in [5, 5.41) is 0. The highest BCUT2D eigenvalue weighted by Gasteiger charge is 2.19. The largest absolute Gasteiger partial charge is 0.462 e. The van der Waals surface area contributed by atoms with E-state index in [-0.39, 0.29) is 44.0 Å². The molecule has 0 saturated carbocycles. The molecule has 1 unspecified atom stereocenters. The van der Waals surface area contributed by atoms with Gasteiger partial charge in [-0.2, -0.15) is 0 Å². The fraction of sp³-hybridized carbons (Fsp3) is 0.576. The minimum absolute atomic E-state index is 0.129. The molecule has 0 aliphatic carbocycles. The van der Waals surface area contributed by atoms with Gasteiger partial charge in [0.15, 0.2) is 6.10 Å². The Morgan fingerprint density at radius 3 is 1.22 bits per heavy atom. The highest BCUT2D eigenvalue weighted by Crippen LogP contribution is 2.11. The van der Waals surface area contributed by atoms with Crippen molar-refractivity contribution in [2.75, 3.05) is 13.2 Å². The van der Waals surface area contributed by atoms with Crippen LogP contribution in [0.5, 0.6) is 0 Å². The first-order chi connectivity index (χ1) is 32.0. The molecule has 0 radical (unpaired) electrons. The molecule has 0 aliphatic rings. The average molecular weight is 897 g/mol. The summed E-state index contributed by atoms with van der Waals surface area (Å²) in [6.45, 7) is 6.30. The van der Waals surface area contributed by atoms with Crippen LogP contribution in [-0.4, -0.2) is 37.2 Å². The van der Waals surface area contributed by atoms with Crippen LogP contribution in [0.2, 0.25) is 0 Å². The lowest BCUT2D eigenvalue weighted by molar-refractivity contribution is -0.167. The maximum Gasteiger partial charge on any atom is 0.306 e. The molecule has 0 spiro atoms. The van der Waals surface area contributed by atoms with Crippen molar-refractivity contribution >= 4 is 17.9 Å². The minimum Gasteiger partial charge on any atom is -0.462 e. The number of carbonyl (C=O) groups excluding carboxylic acids is 3. The predicted octanol–water partition coefficient (Wildman–Crippen LogP) is 17.1. The third-order valence-electron chi connectivity index (χ3n) is 10.2. The van der Waals surface area contributed by atoms with Crippen LogP contribution in [0, 0.1) is 0 Å². The third kappa shape index (κ3) is 50.4. The van der Waals surface area contributed by atoms with Gasteiger partial charge in [0.25, 0.3) is 0 Å². The van der Waals surface area contributed by atoms with Gasteiger partial charge >= 0.3 is 17.9 Å². The van der Waals surface area contributed by atoms with E-state index in [9.17, 15) is 14.4 Å². The standard InChI is InChI=1S/C59H92O6/c1-4-7-10-13-16-19-22-25-27-29-31-32-34-37-40-43-46-49-52-58(61)64-55-56(54-63-57(60)51-48-45-42-39-36-24-21-18-15-12-9-6-3)65-59(62)53-50-47-44-41-38-35-33-30-28-26-23-20-17-14-11-8-5-2/h9-10,12-13,16,18-19,21-22,25-29,31-33,35-36,39,41,44,56H,4-8,11,14-15,17,20,23-24,30,34,37-38,40,42-43,45-55H2,1-3H3/b12-9-,13-10-,19-16-,21-18-,25-22-,28-26-,29-27-,32-31-,35-33-,39-36-,44-41-. The summed E-state index contributed by atoms with van der Waals surface area (Å²) in [6, 6.07) is 0. The van der Waals surface area contributed by atoms with E-state index in [2.05, 4.69) is 118 Å². The number of esters is 3. The van der Waals surface area contributed by atoms with Crippen LogP contribution in [0.4, 0.5) is 0 Å². The molecule has 0 saturated heterocycles. The van der Waals surface area contributed by atoms with E-state index in [0.717, 1.165) is 96.3 Å². The van der Waals surface area contributed by atoms with Crippen LogP contribution in [-0.2, 0) is 28.6 Å². The zero-order valence-corrected chi connectivity index (χ0v) is 41.4. The summed E-state index contributed by atoms with van der Waals surface area (Å²) in [4.78, 5) is 37.9. The van der Waals surface area contributed by atoms with Gasteiger partial charge in [0.05, 0.1) is 0 Å². The van der Waals surface area contributed by atoms with Crippen molar-refractivity contribution in [2.45, 2.75) is 207 Å². The first-order valence-corrected chi connectivity index (χ1v) is 25.8. The molecule has 0 fully saturated rings. The molecule has 0 amide bonds. The number of rotatable bonds is 44. The fourth-order valence-electron chi connectivity index (χ4n) is 6.38. The van der Waals surface area contributed by atoms with Crippen molar-refractivity contribution in [2.24, 2.45) is 0 Å². The summed E-state index contributed by atoms with van der Waals surface area (Å²) < 4.78 is 16.7. The normalized spacial score (nSPS) is 13.2. The minimum atomic E-state index is -0.835. The van der Waals surface area contributed by atoms with E-state index < -0.39 is 6.10 Å². The van der Waals surface area contributed by atoms with E-state index in [1.807, 2.05) is 36.5 Å². The second-order valence-electron chi connectivity index (χ2n) is 16.5. The average Bonchev–Trinajstić information content (AvgIpc) is 3.30. The van der Waals surface area contributed by atoms with Crippen molar-refractivity contribution in [3.05, 3.63) is 134 Å². The van der Waals surface area contributed by atoms with Crippen LogP contribution in [0.25, 0.3) is 0 Å². The molecule has 65 heavy (non-hydrogen) atoms. The molecule has 0 bridgehead atoms. The SMILES string of the molecule is CC/C=C\C/C=C\C/C=C\CCCCC(=O)OCC(COC(=O)CCCCCCC\C=C/C=C\C=C/C=C\C=C/CCC)OC(=O)CCC/C=C\C/C=C\C/C=C\CCCCCCCC. The van der Waals surface area contributed by atoms with Crippen LogP contribution in [0.15, 0.2) is 134 Å². The first-order valence-electron chi connectivity index (χ1n) is 25.8. The highest BCUT2D eigenvalue weighted by molar-refractivity contribution is 5.71. The molecule has 6 nitrogen and oxygen atoms in total. The Labute approximate surface area is 398 Å². The lowest BCUT2D eigenvalue weighted by atomic mass is 10.1. The number of hydrogen-bond donors (Lipinski definition) is 0. The molecule has 6 heteroatoms. The monoisotopic (exact) mass is 897 g/mol. The zero-order chi connectivity index (χ0) is 47.2. The Morgan fingerprint density at radius 2 is 0.708 bits per heavy atom. The Morgan fingerprint density at radius 1 is 0.338 bits per heavy atom. The van der Waals surface area contributed by atoms with Gasteiger partial charge in [-0.05, 0) is 103 Å². The number of hydrogen-bond acceptors (Lipinski definition) is 6. The van der Waals surface area contributed by atoms with Gasteiger partial charge in [-0.3, -0.25) is 14.4 Å². The molecule has 0 aromatic heterocycles. The fourth-order valence-corrected chi connectivity index (χ4v) is 6.38. The number of unbranched alkanes of at least 4 members (excludes halogenated alkanes) is 15. The van der Waals surface area contributed by atoms with Crippen LogP contribution in [0.1, 0.15) is 201 Å². The lowest BCUT2D eigenvalue weighted by Crippen LogP contribution is -2.30. The molecule has 0 aliphatic heterocycles. The Hall–Kier alpha value is -4.45. The molecule has 0 aromatic carbocycles. The van der Waals surface area contributed by atoms with Gasteiger partial charge in [0.2, 0.25) is 0 Å². The molecule has 0 rings (SSSR count). The van der Waals surface area contributed by atoms with Gasteiger partial charge < -0.3 is 14.2 Å². The van der Waals surface area contributed by atoms with Crippen molar-refractivity contribution in [1.29, 1.82) is 0 Å². The van der Waals surface area contributed by atoms with Crippen molar-refractivity contribution in [3.8, 4) is 0 Å². The predicted molar refractivity (Wildman–Crippen MR) is 279 cm³/mol. The van der Waals surface area contributed by atoms with Gasteiger partial charge in [0.1, 0.15) is 13.2 Å². The van der Waals surface area contributed by atoms with Crippen LogP contribution < -0.4 is 0 Å².